The summed E-state index contributed by atoms with van der Waals surface area (Å²) < 4.78 is 28.4. The minimum atomic E-state index is -0.177. The standard InChI is InChI=1S/C27H26N2O6/c1-16-25-19(14-29(15-34-25)13-17-6-5-7-28-12-17)11-20-24(30)21(35-26(16)20)8-18-9-22(31-2)27(33-4)23(10-18)32-3/h5-12H,13-15H2,1-4H3/b21-8-. The average molecular weight is 475 g/mol. The van der Waals surface area contributed by atoms with Crippen LogP contribution in [0.15, 0.2) is 48.5 Å². The van der Waals surface area contributed by atoms with E-state index < -0.39 is 0 Å². The third kappa shape index (κ3) is 4.17. The van der Waals surface area contributed by atoms with Crippen molar-refractivity contribution < 1.29 is 28.5 Å². The molecule has 0 unspecified atom stereocenters. The van der Waals surface area contributed by atoms with Gasteiger partial charge in [-0.15, -0.1) is 0 Å². The molecule has 0 radical (unpaired) electrons. The molecule has 8 nitrogen and oxygen atoms in total. The highest BCUT2D eigenvalue weighted by molar-refractivity contribution is 6.15. The van der Waals surface area contributed by atoms with Gasteiger partial charge in [0.15, 0.2) is 17.3 Å². The van der Waals surface area contributed by atoms with Gasteiger partial charge < -0.3 is 23.7 Å². The molecule has 3 heterocycles. The van der Waals surface area contributed by atoms with Gasteiger partial charge in [-0.25, -0.2) is 0 Å². The van der Waals surface area contributed by atoms with Crippen LogP contribution in [0.1, 0.15) is 32.6 Å². The van der Waals surface area contributed by atoms with Crippen LogP contribution in [0.4, 0.5) is 0 Å². The van der Waals surface area contributed by atoms with Gasteiger partial charge in [-0.2, -0.15) is 0 Å². The van der Waals surface area contributed by atoms with Crippen molar-refractivity contribution in [3.63, 3.8) is 0 Å². The number of pyridine rings is 1. The zero-order valence-corrected chi connectivity index (χ0v) is 20.1. The molecule has 0 spiro atoms. The molecular formula is C27H26N2O6. The summed E-state index contributed by atoms with van der Waals surface area (Å²) in [6.07, 6.45) is 5.29. The van der Waals surface area contributed by atoms with Gasteiger partial charge in [-0.3, -0.25) is 14.7 Å². The Morgan fingerprint density at radius 1 is 1.09 bits per heavy atom. The highest BCUT2D eigenvalue weighted by atomic mass is 16.5. The molecule has 0 aliphatic carbocycles. The Labute approximate surface area is 203 Å². The zero-order chi connectivity index (χ0) is 24.5. The molecule has 2 aliphatic heterocycles. The molecule has 2 aliphatic rings. The van der Waals surface area contributed by atoms with E-state index in [4.69, 9.17) is 23.7 Å². The van der Waals surface area contributed by atoms with Gasteiger partial charge in [-0.1, -0.05) is 6.07 Å². The number of carbonyl (C=O) groups excluding carboxylic acids is 1. The first-order valence-electron chi connectivity index (χ1n) is 11.2. The van der Waals surface area contributed by atoms with Gasteiger partial charge in [-0.05, 0) is 48.4 Å². The molecule has 8 heteroatoms. The maximum absolute atomic E-state index is 13.3. The minimum Gasteiger partial charge on any atom is -0.493 e. The van der Waals surface area contributed by atoms with Crippen LogP contribution in [-0.2, 0) is 13.1 Å². The van der Waals surface area contributed by atoms with E-state index in [0.29, 0.717) is 53.9 Å². The number of rotatable bonds is 6. The summed E-state index contributed by atoms with van der Waals surface area (Å²) in [5, 5.41) is 0. The van der Waals surface area contributed by atoms with Gasteiger partial charge >= 0.3 is 0 Å². The zero-order valence-electron chi connectivity index (χ0n) is 20.1. The van der Waals surface area contributed by atoms with E-state index >= 15 is 0 Å². The molecule has 0 amide bonds. The Balaban J connectivity index is 1.44. The van der Waals surface area contributed by atoms with Crippen molar-refractivity contribution in [1.29, 1.82) is 0 Å². The summed E-state index contributed by atoms with van der Waals surface area (Å²) in [4.78, 5) is 19.6. The van der Waals surface area contributed by atoms with E-state index in [1.165, 1.54) is 0 Å². The van der Waals surface area contributed by atoms with E-state index in [1.807, 2.05) is 31.3 Å². The van der Waals surface area contributed by atoms with Crippen LogP contribution in [0.5, 0.6) is 28.7 Å². The van der Waals surface area contributed by atoms with Crippen LogP contribution >= 0.6 is 0 Å². The van der Waals surface area contributed by atoms with Crippen LogP contribution < -0.4 is 23.7 Å². The number of Topliss-reactive ketones (excluding diaryl/α,β-unsaturated/α-hetero) is 1. The third-order valence-corrected chi connectivity index (χ3v) is 6.12. The third-order valence-electron chi connectivity index (χ3n) is 6.12. The Hall–Kier alpha value is -4.04. The van der Waals surface area contributed by atoms with Crippen molar-refractivity contribution in [2.45, 2.75) is 20.0 Å². The number of hydrogen-bond acceptors (Lipinski definition) is 8. The molecule has 0 saturated heterocycles. The normalized spacial score (nSPS) is 15.8. The maximum atomic E-state index is 13.3. The van der Waals surface area contributed by atoms with Crippen LogP contribution in [0, 0.1) is 6.92 Å². The second-order valence-corrected chi connectivity index (χ2v) is 8.39. The lowest BCUT2D eigenvalue weighted by Gasteiger charge is -2.30. The molecule has 0 saturated carbocycles. The number of ketones is 1. The molecule has 180 valence electrons. The molecule has 1 aromatic heterocycles. The van der Waals surface area contributed by atoms with E-state index in [2.05, 4.69) is 9.88 Å². The predicted molar refractivity (Wildman–Crippen MR) is 129 cm³/mol. The van der Waals surface area contributed by atoms with Crippen molar-refractivity contribution in [3.8, 4) is 28.7 Å². The van der Waals surface area contributed by atoms with Gasteiger partial charge in [0, 0.05) is 36.6 Å². The number of methoxy groups -OCH3 is 3. The molecule has 3 aromatic rings. The van der Waals surface area contributed by atoms with Crippen LogP contribution in [0.25, 0.3) is 6.08 Å². The van der Waals surface area contributed by atoms with Crippen molar-refractivity contribution in [2.24, 2.45) is 0 Å². The van der Waals surface area contributed by atoms with Gasteiger partial charge in [0.05, 0.1) is 26.9 Å². The fourth-order valence-corrected chi connectivity index (χ4v) is 4.48. The first-order chi connectivity index (χ1) is 17.0. The Morgan fingerprint density at radius 2 is 1.86 bits per heavy atom. The maximum Gasteiger partial charge on any atom is 0.231 e. The number of fused-ring (bicyclic) bond motifs is 2. The summed E-state index contributed by atoms with van der Waals surface area (Å²) >= 11 is 0. The first kappa shape index (κ1) is 22.7. The highest BCUT2D eigenvalue weighted by Gasteiger charge is 2.33. The van der Waals surface area contributed by atoms with Crippen molar-refractivity contribution in [1.82, 2.24) is 9.88 Å². The molecule has 0 fully saturated rings. The lowest BCUT2D eigenvalue weighted by Crippen LogP contribution is -2.32. The second kappa shape index (κ2) is 9.31. The quantitative estimate of drug-likeness (QED) is 0.487. The Morgan fingerprint density at radius 3 is 2.51 bits per heavy atom. The van der Waals surface area contributed by atoms with Gasteiger partial charge in [0.1, 0.15) is 18.2 Å². The molecule has 0 bridgehead atoms. The SMILES string of the molecule is COc1cc(/C=C2\Oc3c(cc4c(c3C)OCN(Cc3cccnc3)C4)C2=O)cc(OC)c1OC. The van der Waals surface area contributed by atoms with E-state index in [1.54, 1.807) is 45.7 Å². The van der Waals surface area contributed by atoms with Crippen molar-refractivity contribution in [3.05, 3.63) is 76.3 Å². The fourth-order valence-electron chi connectivity index (χ4n) is 4.48. The van der Waals surface area contributed by atoms with Crippen molar-refractivity contribution in [2.75, 3.05) is 28.1 Å². The highest BCUT2D eigenvalue weighted by Crippen LogP contribution is 2.44. The molecular weight excluding hydrogens is 448 g/mol. The fraction of sp³-hybridized carbons (Fsp3) is 0.259. The monoisotopic (exact) mass is 474 g/mol. The number of aromatic nitrogens is 1. The van der Waals surface area contributed by atoms with Gasteiger partial charge in [0.25, 0.3) is 0 Å². The molecule has 35 heavy (non-hydrogen) atoms. The smallest absolute Gasteiger partial charge is 0.231 e. The first-order valence-corrected chi connectivity index (χ1v) is 11.2. The topological polar surface area (TPSA) is 79.4 Å². The number of carbonyl (C=O) groups is 1. The second-order valence-electron chi connectivity index (χ2n) is 8.39. The summed E-state index contributed by atoms with van der Waals surface area (Å²) in [6, 6.07) is 9.37. The Bertz CT molecular complexity index is 1290. The largest absolute Gasteiger partial charge is 0.493 e. The van der Waals surface area contributed by atoms with Crippen LogP contribution in [0.3, 0.4) is 0 Å². The molecule has 5 rings (SSSR count). The predicted octanol–water partition coefficient (Wildman–Crippen LogP) is 4.38. The van der Waals surface area contributed by atoms with Crippen LogP contribution in [0.2, 0.25) is 0 Å². The van der Waals surface area contributed by atoms with E-state index in [9.17, 15) is 4.79 Å². The summed E-state index contributed by atoms with van der Waals surface area (Å²) in [6.45, 7) is 3.74. The number of hydrogen-bond donors (Lipinski definition) is 0. The number of nitrogens with zero attached hydrogens (tertiary/aromatic N) is 2. The average Bonchev–Trinajstić information content (AvgIpc) is 3.19. The Kier molecular flexibility index (Phi) is 6.05. The summed E-state index contributed by atoms with van der Waals surface area (Å²) in [5.74, 6) is 2.83. The minimum absolute atomic E-state index is 0.177. The van der Waals surface area contributed by atoms with Crippen molar-refractivity contribution >= 4 is 11.9 Å². The summed E-state index contributed by atoms with van der Waals surface area (Å²) in [7, 11) is 4.64. The van der Waals surface area contributed by atoms with E-state index in [-0.39, 0.29) is 11.5 Å². The number of ether oxygens (including phenoxy) is 5. The number of allylic oxidation sites excluding steroid dienone is 1. The van der Waals surface area contributed by atoms with Crippen LogP contribution in [-0.4, -0.2) is 43.7 Å². The van der Waals surface area contributed by atoms with E-state index in [0.717, 1.165) is 22.4 Å². The molecule has 0 atom stereocenters. The molecule has 2 aromatic carbocycles. The summed E-state index contributed by atoms with van der Waals surface area (Å²) in [5.41, 5.74) is 4.11. The number of benzene rings is 2. The lowest BCUT2D eigenvalue weighted by atomic mass is 10.00. The lowest BCUT2D eigenvalue weighted by molar-refractivity contribution is 0.0876. The van der Waals surface area contributed by atoms with Gasteiger partial charge in [0.2, 0.25) is 11.5 Å². The molecule has 0 N–H and O–H groups in total.